The Bertz CT molecular complexity index is 448. The number of hydrogen-bond acceptors (Lipinski definition) is 7. The molecule has 1 aromatic rings. The van der Waals surface area contributed by atoms with Gasteiger partial charge in [0.15, 0.2) is 0 Å². The average Bonchev–Trinajstić information content (AvgIpc) is 2.42. The van der Waals surface area contributed by atoms with E-state index in [4.69, 9.17) is 5.84 Å². The summed E-state index contributed by atoms with van der Waals surface area (Å²) in [5.41, 5.74) is 2.49. The van der Waals surface area contributed by atoms with Gasteiger partial charge < -0.3 is 10.2 Å². The molecular weight excluding hydrogens is 254 g/mol. The van der Waals surface area contributed by atoms with Crippen molar-refractivity contribution in [2.24, 2.45) is 17.7 Å². The number of rotatable bonds is 4. The van der Waals surface area contributed by atoms with Crippen LogP contribution in [0.3, 0.4) is 0 Å². The van der Waals surface area contributed by atoms with Crippen LogP contribution in [0.5, 0.6) is 0 Å². The second-order valence-corrected chi connectivity index (χ2v) is 5.93. The minimum Gasteiger partial charge on any atom is -0.351 e. The van der Waals surface area contributed by atoms with Gasteiger partial charge in [-0.2, -0.15) is 15.0 Å². The number of nitrogens with zero attached hydrogens (tertiary/aromatic N) is 4. The molecule has 7 nitrogen and oxygen atoms in total. The molecule has 0 aliphatic heterocycles. The SMILES string of the molecule is CC1CCC(Nc2nc(NN)nc(N(C)C)n2)CC1C. The van der Waals surface area contributed by atoms with Crippen molar-refractivity contribution in [1.29, 1.82) is 0 Å². The van der Waals surface area contributed by atoms with Crippen molar-refractivity contribution in [3.63, 3.8) is 0 Å². The lowest BCUT2D eigenvalue weighted by molar-refractivity contribution is 0.260. The number of anilines is 3. The summed E-state index contributed by atoms with van der Waals surface area (Å²) in [5, 5.41) is 3.42. The molecule has 1 saturated carbocycles. The summed E-state index contributed by atoms with van der Waals surface area (Å²) in [6, 6.07) is 0.421. The zero-order chi connectivity index (χ0) is 14.7. The fraction of sp³-hybridized carbons (Fsp3) is 0.769. The Labute approximate surface area is 120 Å². The van der Waals surface area contributed by atoms with Crippen LogP contribution in [0, 0.1) is 11.8 Å². The van der Waals surface area contributed by atoms with Crippen LogP contribution in [-0.2, 0) is 0 Å². The lowest BCUT2D eigenvalue weighted by atomic mass is 9.79. The quantitative estimate of drug-likeness (QED) is 0.567. The molecule has 1 aliphatic rings. The predicted octanol–water partition coefficient (Wildman–Crippen LogP) is 1.46. The highest BCUT2D eigenvalue weighted by molar-refractivity contribution is 5.42. The molecule has 3 atom stereocenters. The molecule has 1 heterocycles. The van der Waals surface area contributed by atoms with Crippen molar-refractivity contribution >= 4 is 17.8 Å². The van der Waals surface area contributed by atoms with E-state index in [1.807, 2.05) is 19.0 Å². The largest absolute Gasteiger partial charge is 0.351 e. The summed E-state index contributed by atoms with van der Waals surface area (Å²) in [6.45, 7) is 4.63. The summed E-state index contributed by atoms with van der Waals surface area (Å²) in [5.74, 6) is 8.49. The van der Waals surface area contributed by atoms with Gasteiger partial charge in [-0.05, 0) is 31.1 Å². The topological polar surface area (TPSA) is 92.0 Å². The maximum Gasteiger partial charge on any atom is 0.243 e. The third kappa shape index (κ3) is 3.47. The molecule has 0 bridgehead atoms. The standard InChI is InChI=1S/C13H25N7/c1-8-5-6-10(7-9(8)2)15-11-16-12(19-14)18-13(17-11)20(3)4/h8-10H,5-7,14H2,1-4H3,(H2,15,16,17,18,19). The van der Waals surface area contributed by atoms with Crippen LogP contribution in [0.4, 0.5) is 17.8 Å². The lowest BCUT2D eigenvalue weighted by Gasteiger charge is -2.32. The van der Waals surface area contributed by atoms with E-state index in [1.165, 1.54) is 6.42 Å². The van der Waals surface area contributed by atoms with Gasteiger partial charge in [0.2, 0.25) is 17.8 Å². The Balaban J connectivity index is 2.10. The zero-order valence-electron chi connectivity index (χ0n) is 12.7. The van der Waals surface area contributed by atoms with Gasteiger partial charge in [-0.25, -0.2) is 5.84 Å². The highest BCUT2D eigenvalue weighted by Gasteiger charge is 2.25. The summed E-state index contributed by atoms with van der Waals surface area (Å²) >= 11 is 0. The molecule has 20 heavy (non-hydrogen) atoms. The van der Waals surface area contributed by atoms with Crippen LogP contribution >= 0.6 is 0 Å². The molecule has 4 N–H and O–H groups in total. The molecule has 7 heteroatoms. The van der Waals surface area contributed by atoms with Gasteiger partial charge in [-0.3, -0.25) is 5.43 Å². The van der Waals surface area contributed by atoms with E-state index in [0.29, 0.717) is 23.9 Å². The number of nitrogens with two attached hydrogens (primary N) is 1. The Morgan fingerprint density at radius 1 is 1.05 bits per heavy atom. The molecule has 0 saturated heterocycles. The first kappa shape index (κ1) is 14.8. The first-order valence-corrected chi connectivity index (χ1v) is 7.16. The van der Waals surface area contributed by atoms with Gasteiger partial charge in [0.25, 0.3) is 0 Å². The van der Waals surface area contributed by atoms with Crippen molar-refractivity contribution in [3.05, 3.63) is 0 Å². The van der Waals surface area contributed by atoms with Gasteiger partial charge in [-0.1, -0.05) is 13.8 Å². The Morgan fingerprint density at radius 2 is 1.75 bits per heavy atom. The molecule has 1 aromatic heterocycles. The highest BCUT2D eigenvalue weighted by atomic mass is 15.4. The second-order valence-electron chi connectivity index (χ2n) is 5.93. The maximum absolute atomic E-state index is 5.41. The normalized spacial score (nSPS) is 26.1. The second kappa shape index (κ2) is 6.21. The van der Waals surface area contributed by atoms with Crippen molar-refractivity contribution in [1.82, 2.24) is 15.0 Å². The smallest absolute Gasteiger partial charge is 0.243 e. The third-order valence-electron chi connectivity index (χ3n) is 4.08. The summed E-state index contributed by atoms with van der Waals surface area (Å²) in [4.78, 5) is 14.7. The Kier molecular flexibility index (Phi) is 4.59. The molecule has 1 aliphatic carbocycles. The number of hydrogen-bond donors (Lipinski definition) is 3. The van der Waals surface area contributed by atoms with Crippen molar-refractivity contribution in [2.45, 2.75) is 39.2 Å². The van der Waals surface area contributed by atoms with Crippen molar-refractivity contribution in [2.75, 3.05) is 29.7 Å². The van der Waals surface area contributed by atoms with E-state index < -0.39 is 0 Å². The molecule has 3 unspecified atom stereocenters. The number of nitrogen functional groups attached to an aromatic ring is 1. The molecule has 1 fully saturated rings. The van der Waals surface area contributed by atoms with Crippen LogP contribution in [-0.4, -0.2) is 35.1 Å². The minimum absolute atomic E-state index is 0.378. The van der Waals surface area contributed by atoms with Gasteiger partial charge in [-0.15, -0.1) is 0 Å². The van der Waals surface area contributed by atoms with E-state index in [1.54, 1.807) is 0 Å². The van der Waals surface area contributed by atoms with Crippen LogP contribution in [0.1, 0.15) is 33.1 Å². The van der Waals surface area contributed by atoms with Gasteiger partial charge in [0.1, 0.15) is 0 Å². The molecule has 0 spiro atoms. The van der Waals surface area contributed by atoms with E-state index in [-0.39, 0.29) is 0 Å². The van der Waals surface area contributed by atoms with Gasteiger partial charge in [0, 0.05) is 20.1 Å². The first-order chi connectivity index (χ1) is 9.49. The molecule has 0 radical (unpaired) electrons. The summed E-state index contributed by atoms with van der Waals surface area (Å²) < 4.78 is 0. The highest BCUT2D eigenvalue weighted by Crippen LogP contribution is 2.30. The van der Waals surface area contributed by atoms with Gasteiger partial charge >= 0.3 is 0 Å². The Morgan fingerprint density at radius 3 is 2.35 bits per heavy atom. The van der Waals surface area contributed by atoms with Crippen LogP contribution in [0.15, 0.2) is 0 Å². The number of nitrogens with one attached hydrogen (secondary N) is 2. The molecular formula is C13H25N7. The summed E-state index contributed by atoms with van der Waals surface area (Å²) in [6.07, 6.45) is 3.54. The van der Waals surface area contributed by atoms with E-state index in [2.05, 4.69) is 39.5 Å². The van der Waals surface area contributed by atoms with E-state index >= 15 is 0 Å². The maximum atomic E-state index is 5.41. The van der Waals surface area contributed by atoms with Crippen LogP contribution in [0.25, 0.3) is 0 Å². The number of hydrazine groups is 1. The zero-order valence-corrected chi connectivity index (χ0v) is 12.7. The first-order valence-electron chi connectivity index (χ1n) is 7.16. The van der Waals surface area contributed by atoms with Crippen molar-refractivity contribution < 1.29 is 0 Å². The van der Waals surface area contributed by atoms with E-state index in [9.17, 15) is 0 Å². The van der Waals surface area contributed by atoms with Crippen LogP contribution < -0.4 is 21.5 Å². The number of aromatic nitrogens is 3. The lowest BCUT2D eigenvalue weighted by Crippen LogP contribution is -2.31. The molecule has 0 amide bonds. The minimum atomic E-state index is 0.378. The van der Waals surface area contributed by atoms with E-state index in [0.717, 1.165) is 24.7 Å². The monoisotopic (exact) mass is 279 g/mol. The van der Waals surface area contributed by atoms with Gasteiger partial charge in [0.05, 0.1) is 0 Å². The predicted molar refractivity (Wildman–Crippen MR) is 81.6 cm³/mol. The van der Waals surface area contributed by atoms with Crippen LogP contribution in [0.2, 0.25) is 0 Å². The molecule has 112 valence electrons. The summed E-state index contributed by atoms with van der Waals surface area (Å²) in [7, 11) is 3.79. The fourth-order valence-corrected chi connectivity index (χ4v) is 2.56. The molecule has 2 rings (SSSR count). The fourth-order valence-electron chi connectivity index (χ4n) is 2.56. The third-order valence-corrected chi connectivity index (χ3v) is 4.08. The Hall–Kier alpha value is -1.63. The average molecular weight is 279 g/mol. The van der Waals surface area contributed by atoms with Crippen molar-refractivity contribution in [3.8, 4) is 0 Å². The molecule has 0 aromatic carbocycles.